The van der Waals surface area contributed by atoms with Gasteiger partial charge in [-0.2, -0.15) is 0 Å². The Labute approximate surface area is 158 Å². The zero-order chi connectivity index (χ0) is 18.6. The average Bonchev–Trinajstić information content (AvgIpc) is 3.08. The first-order valence-electron chi connectivity index (χ1n) is 9.21. The molecule has 1 fully saturated rings. The predicted molar refractivity (Wildman–Crippen MR) is 101 cm³/mol. The second kappa shape index (κ2) is 7.70. The molecule has 6 heteroatoms. The molecule has 2 aromatic rings. The summed E-state index contributed by atoms with van der Waals surface area (Å²) in [5.74, 6) is 0.880. The molecule has 2 aliphatic rings. The van der Waals surface area contributed by atoms with E-state index >= 15 is 0 Å². The Hall–Kier alpha value is -3.02. The van der Waals surface area contributed by atoms with Crippen molar-refractivity contribution < 1.29 is 19.1 Å². The van der Waals surface area contributed by atoms with Crippen LogP contribution in [0.2, 0.25) is 0 Å². The van der Waals surface area contributed by atoms with Gasteiger partial charge in [-0.3, -0.25) is 9.59 Å². The summed E-state index contributed by atoms with van der Waals surface area (Å²) in [4.78, 5) is 26.6. The van der Waals surface area contributed by atoms with Crippen molar-refractivity contribution in [1.82, 2.24) is 4.90 Å². The third kappa shape index (κ3) is 4.05. The van der Waals surface area contributed by atoms with E-state index in [9.17, 15) is 9.59 Å². The van der Waals surface area contributed by atoms with Gasteiger partial charge in [-0.1, -0.05) is 30.3 Å². The number of rotatable bonds is 5. The Kier molecular flexibility index (Phi) is 4.96. The standard InChI is InChI=1S/C21H22N2O4/c24-20-12-16(14-23(20)9-8-15-4-2-1-3-5-15)21(25)22-17-6-7-18-19(13-17)27-11-10-26-18/h1-7,13,16H,8-12,14H2,(H,22,25). The summed E-state index contributed by atoms with van der Waals surface area (Å²) < 4.78 is 11.0. The molecule has 1 unspecified atom stereocenters. The molecular weight excluding hydrogens is 344 g/mol. The highest BCUT2D eigenvalue weighted by atomic mass is 16.6. The summed E-state index contributed by atoms with van der Waals surface area (Å²) in [6.07, 6.45) is 1.05. The number of hydrogen-bond acceptors (Lipinski definition) is 4. The van der Waals surface area contributed by atoms with Crippen molar-refractivity contribution in [3.63, 3.8) is 0 Å². The number of nitrogens with one attached hydrogen (secondary N) is 1. The number of benzene rings is 2. The van der Waals surface area contributed by atoms with Crippen LogP contribution in [0.3, 0.4) is 0 Å². The van der Waals surface area contributed by atoms with Gasteiger partial charge in [-0.05, 0) is 24.1 Å². The van der Waals surface area contributed by atoms with Crippen molar-refractivity contribution in [2.24, 2.45) is 5.92 Å². The third-order valence-electron chi connectivity index (χ3n) is 4.91. The molecule has 6 nitrogen and oxygen atoms in total. The lowest BCUT2D eigenvalue weighted by Crippen LogP contribution is -2.30. The Bertz CT molecular complexity index is 837. The Morgan fingerprint density at radius 3 is 2.67 bits per heavy atom. The maximum Gasteiger partial charge on any atom is 0.229 e. The number of nitrogens with zero attached hydrogens (tertiary/aromatic N) is 1. The smallest absolute Gasteiger partial charge is 0.229 e. The van der Waals surface area contributed by atoms with Gasteiger partial charge in [-0.25, -0.2) is 0 Å². The van der Waals surface area contributed by atoms with Gasteiger partial charge >= 0.3 is 0 Å². The molecule has 1 N–H and O–H groups in total. The average molecular weight is 366 g/mol. The molecule has 0 aromatic heterocycles. The van der Waals surface area contributed by atoms with E-state index in [1.54, 1.807) is 23.1 Å². The predicted octanol–water partition coefficient (Wildman–Crippen LogP) is 2.49. The van der Waals surface area contributed by atoms with Crippen LogP contribution in [0.5, 0.6) is 11.5 Å². The first-order valence-corrected chi connectivity index (χ1v) is 9.21. The monoisotopic (exact) mass is 366 g/mol. The third-order valence-corrected chi connectivity index (χ3v) is 4.91. The van der Waals surface area contributed by atoms with Crippen LogP contribution in [0.25, 0.3) is 0 Å². The highest BCUT2D eigenvalue weighted by Crippen LogP contribution is 2.33. The van der Waals surface area contributed by atoms with E-state index in [0.717, 1.165) is 6.42 Å². The summed E-state index contributed by atoms with van der Waals surface area (Å²) in [6.45, 7) is 2.12. The van der Waals surface area contributed by atoms with Gasteiger partial charge in [0.1, 0.15) is 13.2 Å². The van der Waals surface area contributed by atoms with E-state index in [2.05, 4.69) is 5.32 Å². The van der Waals surface area contributed by atoms with Crippen molar-refractivity contribution >= 4 is 17.5 Å². The molecule has 2 heterocycles. The van der Waals surface area contributed by atoms with Crippen LogP contribution in [0.4, 0.5) is 5.69 Å². The van der Waals surface area contributed by atoms with Crippen LogP contribution in [-0.4, -0.2) is 43.0 Å². The second-order valence-corrected chi connectivity index (χ2v) is 6.82. The first-order chi connectivity index (χ1) is 13.2. The van der Waals surface area contributed by atoms with Gasteiger partial charge in [0.05, 0.1) is 5.92 Å². The number of hydrogen-bond donors (Lipinski definition) is 1. The number of likely N-dealkylation sites (tertiary alicyclic amines) is 1. The fourth-order valence-corrected chi connectivity index (χ4v) is 3.44. The Balaban J connectivity index is 1.33. The second-order valence-electron chi connectivity index (χ2n) is 6.82. The molecule has 1 saturated heterocycles. The van der Waals surface area contributed by atoms with E-state index in [1.807, 2.05) is 30.3 Å². The van der Waals surface area contributed by atoms with Gasteiger partial charge in [0.2, 0.25) is 11.8 Å². The number of anilines is 1. The summed E-state index contributed by atoms with van der Waals surface area (Å²) in [5.41, 5.74) is 1.84. The molecule has 0 aliphatic carbocycles. The normalized spacial score (nSPS) is 18.4. The summed E-state index contributed by atoms with van der Waals surface area (Å²) >= 11 is 0. The van der Waals surface area contributed by atoms with Gasteiger partial charge in [0, 0.05) is 31.3 Å². The minimum Gasteiger partial charge on any atom is -0.486 e. The number of fused-ring (bicyclic) bond motifs is 1. The lowest BCUT2D eigenvalue weighted by atomic mass is 10.1. The molecule has 0 saturated carbocycles. The number of ether oxygens (including phenoxy) is 2. The summed E-state index contributed by atoms with van der Waals surface area (Å²) in [7, 11) is 0. The maximum absolute atomic E-state index is 12.6. The molecule has 2 amide bonds. The SMILES string of the molecule is O=C(Nc1ccc2c(c1)OCCO2)C1CC(=O)N(CCc2ccccc2)C1. The highest BCUT2D eigenvalue weighted by Gasteiger charge is 2.34. The quantitative estimate of drug-likeness (QED) is 0.883. The van der Waals surface area contributed by atoms with Crippen LogP contribution in [0, 0.1) is 5.92 Å². The lowest BCUT2D eigenvalue weighted by Gasteiger charge is -2.19. The molecular formula is C21H22N2O4. The molecule has 140 valence electrons. The van der Waals surface area contributed by atoms with Crippen molar-refractivity contribution in [3.05, 3.63) is 54.1 Å². The van der Waals surface area contributed by atoms with Crippen LogP contribution in [-0.2, 0) is 16.0 Å². The van der Waals surface area contributed by atoms with Gasteiger partial charge in [0.15, 0.2) is 11.5 Å². The zero-order valence-electron chi connectivity index (χ0n) is 15.0. The van der Waals surface area contributed by atoms with E-state index in [0.29, 0.717) is 43.5 Å². The minimum atomic E-state index is -0.332. The summed E-state index contributed by atoms with van der Waals surface area (Å²) in [5, 5.41) is 2.90. The van der Waals surface area contributed by atoms with Crippen molar-refractivity contribution in [2.75, 3.05) is 31.6 Å². The zero-order valence-corrected chi connectivity index (χ0v) is 15.0. The van der Waals surface area contributed by atoms with Crippen LogP contribution in [0.15, 0.2) is 48.5 Å². The minimum absolute atomic E-state index is 0.0354. The van der Waals surface area contributed by atoms with Gasteiger partial charge in [0.25, 0.3) is 0 Å². The lowest BCUT2D eigenvalue weighted by molar-refractivity contribution is -0.128. The molecule has 4 rings (SSSR count). The molecule has 2 aliphatic heterocycles. The van der Waals surface area contributed by atoms with Gasteiger partial charge < -0.3 is 19.7 Å². The van der Waals surface area contributed by atoms with E-state index in [4.69, 9.17) is 9.47 Å². The summed E-state index contributed by atoms with van der Waals surface area (Å²) in [6, 6.07) is 15.4. The van der Waals surface area contributed by atoms with Crippen molar-refractivity contribution in [1.29, 1.82) is 0 Å². The largest absolute Gasteiger partial charge is 0.486 e. The van der Waals surface area contributed by atoms with Crippen LogP contribution < -0.4 is 14.8 Å². The van der Waals surface area contributed by atoms with Crippen molar-refractivity contribution in [2.45, 2.75) is 12.8 Å². The molecule has 2 aromatic carbocycles. The fraction of sp³-hybridized carbons (Fsp3) is 0.333. The highest BCUT2D eigenvalue weighted by molar-refractivity contribution is 5.97. The molecule has 0 radical (unpaired) electrons. The number of amides is 2. The maximum atomic E-state index is 12.6. The number of carbonyl (C=O) groups excluding carboxylic acids is 2. The van der Waals surface area contributed by atoms with Crippen molar-refractivity contribution in [3.8, 4) is 11.5 Å². The fourth-order valence-electron chi connectivity index (χ4n) is 3.44. The first kappa shape index (κ1) is 17.4. The van der Waals surface area contributed by atoms with E-state index in [-0.39, 0.29) is 24.2 Å². The van der Waals surface area contributed by atoms with E-state index in [1.165, 1.54) is 5.56 Å². The van der Waals surface area contributed by atoms with Crippen LogP contribution in [0.1, 0.15) is 12.0 Å². The topological polar surface area (TPSA) is 67.9 Å². The molecule has 0 bridgehead atoms. The van der Waals surface area contributed by atoms with Crippen LogP contribution >= 0.6 is 0 Å². The molecule has 1 atom stereocenters. The molecule has 0 spiro atoms. The molecule has 27 heavy (non-hydrogen) atoms. The Morgan fingerprint density at radius 2 is 1.85 bits per heavy atom. The Morgan fingerprint density at radius 1 is 1.07 bits per heavy atom. The van der Waals surface area contributed by atoms with E-state index < -0.39 is 0 Å². The number of carbonyl (C=O) groups is 2. The van der Waals surface area contributed by atoms with Gasteiger partial charge in [-0.15, -0.1) is 0 Å².